The number of esters is 1. The van der Waals surface area contributed by atoms with Gasteiger partial charge in [0.1, 0.15) is 5.75 Å². The molecule has 0 aromatic heterocycles. The second-order valence-electron chi connectivity index (χ2n) is 4.88. The lowest BCUT2D eigenvalue weighted by Crippen LogP contribution is -2.14. The number of nitrogens with two attached hydrogens (primary N) is 1. The summed E-state index contributed by atoms with van der Waals surface area (Å²) >= 11 is 0. The van der Waals surface area contributed by atoms with Gasteiger partial charge in [0, 0.05) is 5.56 Å². The van der Waals surface area contributed by atoms with E-state index >= 15 is 0 Å². The monoisotopic (exact) mass is 294 g/mol. The summed E-state index contributed by atoms with van der Waals surface area (Å²) in [5.41, 5.74) is 7.68. The predicted molar refractivity (Wildman–Crippen MR) is 80.5 cm³/mol. The van der Waals surface area contributed by atoms with Gasteiger partial charge in [-0.3, -0.25) is 4.79 Å². The van der Waals surface area contributed by atoms with Crippen molar-refractivity contribution in [2.24, 2.45) is 5.73 Å². The summed E-state index contributed by atoms with van der Waals surface area (Å²) in [5, 5.41) is 8.84. The number of carbonyl (C=O) groups is 2. The first-order valence-electron chi connectivity index (χ1n) is 6.55. The summed E-state index contributed by atoms with van der Waals surface area (Å²) in [7, 11) is 0. The molecular weight excluding hydrogens is 280 g/mol. The molecule has 5 nitrogen and oxygen atoms in total. The number of carbonyl (C=O) groups excluding carboxylic acids is 2. The minimum Gasteiger partial charge on any atom is -0.423 e. The lowest BCUT2D eigenvalue weighted by molar-refractivity contribution is 0.0731. The highest BCUT2D eigenvalue weighted by Crippen LogP contribution is 2.22. The molecule has 0 radical (unpaired) electrons. The van der Waals surface area contributed by atoms with Crippen LogP contribution in [0.3, 0.4) is 0 Å². The highest BCUT2D eigenvalue weighted by atomic mass is 16.5. The average Bonchev–Trinajstić information content (AvgIpc) is 2.48. The molecule has 110 valence electrons. The van der Waals surface area contributed by atoms with Gasteiger partial charge in [-0.15, -0.1) is 0 Å². The van der Waals surface area contributed by atoms with Crippen LogP contribution in [0, 0.1) is 25.2 Å². The van der Waals surface area contributed by atoms with Crippen molar-refractivity contribution in [1.82, 2.24) is 0 Å². The number of hydrogen-bond acceptors (Lipinski definition) is 4. The molecule has 2 N–H and O–H groups in total. The third-order valence-electron chi connectivity index (χ3n) is 3.25. The Morgan fingerprint density at radius 3 is 2.41 bits per heavy atom. The Balaban J connectivity index is 2.31. The van der Waals surface area contributed by atoms with Gasteiger partial charge in [-0.05, 0) is 55.3 Å². The number of nitriles is 1. The third-order valence-corrected chi connectivity index (χ3v) is 3.25. The van der Waals surface area contributed by atoms with E-state index in [2.05, 4.69) is 0 Å². The molecule has 2 aromatic rings. The molecular formula is C17H14N2O3. The van der Waals surface area contributed by atoms with Crippen LogP contribution < -0.4 is 10.5 Å². The van der Waals surface area contributed by atoms with Gasteiger partial charge in [-0.1, -0.05) is 6.07 Å². The first-order valence-corrected chi connectivity index (χ1v) is 6.55. The van der Waals surface area contributed by atoms with Gasteiger partial charge in [-0.2, -0.15) is 5.26 Å². The zero-order chi connectivity index (χ0) is 16.3. The van der Waals surface area contributed by atoms with E-state index in [1.54, 1.807) is 44.2 Å². The van der Waals surface area contributed by atoms with Crippen molar-refractivity contribution in [3.8, 4) is 11.8 Å². The van der Waals surface area contributed by atoms with Gasteiger partial charge in [0.2, 0.25) is 5.91 Å². The van der Waals surface area contributed by atoms with Gasteiger partial charge in [0.05, 0.1) is 17.2 Å². The SMILES string of the molecule is Cc1ccc(C(N)=O)cc1OC(=O)c1ccc(C#N)cc1C. The molecule has 0 saturated heterocycles. The highest BCUT2D eigenvalue weighted by Gasteiger charge is 2.14. The van der Waals surface area contributed by atoms with Crippen LogP contribution in [0.2, 0.25) is 0 Å². The molecule has 0 bridgehead atoms. The molecule has 2 aromatic carbocycles. The summed E-state index contributed by atoms with van der Waals surface area (Å²) in [4.78, 5) is 23.4. The van der Waals surface area contributed by atoms with Gasteiger partial charge in [0.25, 0.3) is 0 Å². The molecule has 0 aliphatic heterocycles. The fourth-order valence-electron chi connectivity index (χ4n) is 1.98. The van der Waals surface area contributed by atoms with E-state index in [1.165, 1.54) is 6.07 Å². The first-order chi connectivity index (χ1) is 10.4. The summed E-state index contributed by atoms with van der Waals surface area (Å²) in [6.07, 6.45) is 0. The van der Waals surface area contributed by atoms with Crippen molar-refractivity contribution >= 4 is 11.9 Å². The Kier molecular flexibility index (Phi) is 4.23. The van der Waals surface area contributed by atoms with Crippen LogP contribution in [-0.2, 0) is 0 Å². The lowest BCUT2D eigenvalue weighted by atomic mass is 10.1. The minimum atomic E-state index is -0.591. The molecule has 22 heavy (non-hydrogen) atoms. The third kappa shape index (κ3) is 3.13. The van der Waals surface area contributed by atoms with Crippen molar-refractivity contribution in [2.45, 2.75) is 13.8 Å². The largest absolute Gasteiger partial charge is 0.423 e. The van der Waals surface area contributed by atoms with E-state index in [0.717, 1.165) is 0 Å². The maximum Gasteiger partial charge on any atom is 0.343 e. The molecule has 0 unspecified atom stereocenters. The number of benzene rings is 2. The quantitative estimate of drug-likeness (QED) is 0.695. The summed E-state index contributed by atoms with van der Waals surface area (Å²) in [6.45, 7) is 3.49. The van der Waals surface area contributed by atoms with Crippen LogP contribution in [0.5, 0.6) is 5.75 Å². The molecule has 0 atom stereocenters. The molecule has 5 heteroatoms. The van der Waals surface area contributed by atoms with Crippen LogP contribution in [0.4, 0.5) is 0 Å². The van der Waals surface area contributed by atoms with E-state index in [0.29, 0.717) is 22.3 Å². The number of nitrogens with zero attached hydrogens (tertiary/aromatic N) is 1. The first kappa shape index (κ1) is 15.3. The van der Waals surface area contributed by atoms with Crippen LogP contribution in [0.15, 0.2) is 36.4 Å². The second-order valence-corrected chi connectivity index (χ2v) is 4.88. The number of ether oxygens (including phenoxy) is 1. The maximum atomic E-state index is 12.2. The van der Waals surface area contributed by atoms with E-state index in [-0.39, 0.29) is 11.3 Å². The summed E-state index contributed by atoms with van der Waals surface area (Å²) in [5.74, 6) is -0.858. The molecule has 0 heterocycles. The second kappa shape index (κ2) is 6.10. The minimum absolute atomic E-state index is 0.268. The standard InChI is InChI=1S/C17H14N2O3/c1-10-3-5-13(16(19)20)8-15(10)22-17(21)14-6-4-12(9-18)7-11(14)2/h3-8H,1-2H3,(H2,19,20). The van der Waals surface area contributed by atoms with E-state index in [9.17, 15) is 9.59 Å². The summed E-state index contributed by atoms with van der Waals surface area (Å²) in [6, 6.07) is 11.4. The molecule has 0 spiro atoms. The average molecular weight is 294 g/mol. The number of rotatable bonds is 3. The molecule has 0 fully saturated rings. The number of aryl methyl sites for hydroxylation is 2. The van der Waals surface area contributed by atoms with Crippen LogP contribution in [-0.4, -0.2) is 11.9 Å². The van der Waals surface area contributed by atoms with Crippen molar-refractivity contribution < 1.29 is 14.3 Å². The van der Waals surface area contributed by atoms with Crippen molar-refractivity contribution in [3.63, 3.8) is 0 Å². The highest BCUT2D eigenvalue weighted by molar-refractivity contribution is 5.95. The van der Waals surface area contributed by atoms with E-state index < -0.39 is 11.9 Å². The normalized spacial score (nSPS) is 9.86. The van der Waals surface area contributed by atoms with E-state index in [4.69, 9.17) is 15.7 Å². The van der Waals surface area contributed by atoms with Crippen LogP contribution in [0.25, 0.3) is 0 Å². The van der Waals surface area contributed by atoms with Crippen molar-refractivity contribution in [3.05, 3.63) is 64.2 Å². The fraction of sp³-hybridized carbons (Fsp3) is 0.118. The molecule has 0 aliphatic carbocycles. The van der Waals surface area contributed by atoms with Gasteiger partial charge >= 0.3 is 5.97 Å². The molecule has 2 rings (SSSR count). The van der Waals surface area contributed by atoms with Gasteiger partial charge in [-0.25, -0.2) is 4.79 Å². The number of hydrogen-bond donors (Lipinski definition) is 1. The maximum absolute atomic E-state index is 12.2. The van der Waals surface area contributed by atoms with Gasteiger partial charge < -0.3 is 10.5 Å². The Hall–Kier alpha value is -3.13. The Labute approximate surface area is 127 Å². The Morgan fingerprint density at radius 1 is 1.09 bits per heavy atom. The van der Waals surface area contributed by atoms with Crippen molar-refractivity contribution in [2.75, 3.05) is 0 Å². The fourth-order valence-corrected chi connectivity index (χ4v) is 1.98. The van der Waals surface area contributed by atoms with Gasteiger partial charge in [0.15, 0.2) is 0 Å². The zero-order valence-electron chi connectivity index (χ0n) is 12.2. The van der Waals surface area contributed by atoms with E-state index in [1.807, 2.05) is 6.07 Å². The van der Waals surface area contributed by atoms with Crippen molar-refractivity contribution in [1.29, 1.82) is 5.26 Å². The molecule has 0 aliphatic rings. The predicted octanol–water partition coefficient (Wildman–Crippen LogP) is 2.49. The number of primary amides is 1. The zero-order valence-corrected chi connectivity index (χ0v) is 12.2. The lowest BCUT2D eigenvalue weighted by Gasteiger charge is -2.10. The Bertz CT molecular complexity index is 804. The number of amides is 1. The molecule has 0 saturated carbocycles. The van der Waals surface area contributed by atoms with Crippen LogP contribution in [0.1, 0.15) is 37.4 Å². The summed E-state index contributed by atoms with van der Waals surface area (Å²) < 4.78 is 5.35. The van der Waals surface area contributed by atoms with Crippen LogP contribution >= 0.6 is 0 Å². The topological polar surface area (TPSA) is 93.2 Å². The Morgan fingerprint density at radius 2 is 1.82 bits per heavy atom. The molecule has 1 amide bonds. The smallest absolute Gasteiger partial charge is 0.343 e.